The van der Waals surface area contributed by atoms with Gasteiger partial charge in [-0.15, -0.1) is 0 Å². The standard InChI is InChI=1S/C12H19N3S2/c1-17-10-6-4-9(5-7-10)15-11(8-2-3-8)13-14-12(15)16/h8-10H,2-7H2,1H3,(H,14,16). The molecule has 0 bridgehead atoms. The molecular formula is C12H19N3S2. The van der Waals surface area contributed by atoms with Crippen molar-refractivity contribution >= 4 is 24.0 Å². The number of nitrogens with one attached hydrogen (secondary N) is 1. The molecule has 17 heavy (non-hydrogen) atoms. The molecule has 1 aromatic heterocycles. The highest BCUT2D eigenvalue weighted by Gasteiger charge is 2.32. The lowest BCUT2D eigenvalue weighted by atomic mass is 9.94. The summed E-state index contributed by atoms with van der Waals surface area (Å²) < 4.78 is 3.16. The van der Waals surface area contributed by atoms with Gasteiger partial charge in [-0.05, 0) is 57.0 Å². The van der Waals surface area contributed by atoms with Crippen molar-refractivity contribution in [3.05, 3.63) is 10.6 Å². The zero-order valence-electron chi connectivity index (χ0n) is 10.2. The Bertz CT molecular complexity index is 439. The van der Waals surface area contributed by atoms with Crippen LogP contribution in [0.2, 0.25) is 0 Å². The maximum atomic E-state index is 5.40. The highest BCUT2D eigenvalue weighted by molar-refractivity contribution is 7.99. The Morgan fingerprint density at radius 1 is 1.24 bits per heavy atom. The predicted molar refractivity (Wildman–Crippen MR) is 74.2 cm³/mol. The van der Waals surface area contributed by atoms with Crippen LogP contribution in [-0.4, -0.2) is 26.3 Å². The molecule has 3 nitrogen and oxygen atoms in total. The normalized spacial score (nSPS) is 29.5. The summed E-state index contributed by atoms with van der Waals surface area (Å²) in [5.74, 6) is 1.91. The maximum absolute atomic E-state index is 5.40. The average molecular weight is 269 g/mol. The molecule has 2 aliphatic rings. The van der Waals surface area contributed by atoms with E-state index in [1.165, 1.54) is 44.3 Å². The molecule has 0 saturated heterocycles. The van der Waals surface area contributed by atoms with Gasteiger partial charge in [0.1, 0.15) is 5.82 Å². The summed E-state index contributed by atoms with van der Waals surface area (Å²) in [7, 11) is 0. The quantitative estimate of drug-likeness (QED) is 0.850. The van der Waals surface area contributed by atoms with Crippen LogP contribution in [-0.2, 0) is 0 Å². The molecule has 1 aromatic rings. The number of H-pyrrole nitrogens is 1. The van der Waals surface area contributed by atoms with Gasteiger partial charge in [0, 0.05) is 17.2 Å². The van der Waals surface area contributed by atoms with Gasteiger partial charge < -0.3 is 4.57 Å². The molecule has 0 aromatic carbocycles. The summed E-state index contributed by atoms with van der Waals surface area (Å²) in [4.78, 5) is 0. The molecule has 2 saturated carbocycles. The van der Waals surface area contributed by atoms with Crippen LogP contribution >= 0.6 is 24.0 Å². The average Bonchev–Trinajstić information content (AvgIpc) is 3.13. The van der Waals surface area contributed by atoms with Crippen molar-refractivity contribution in [1.29, 1.82) is 0 Å². The fourth-order valence-electron chi connectivity index (χ4n) is 2.84. The van der Waals surface area contributed by atoms with Crippen LogP contribution in [0.4, 0.5) is 0 Å². The van der Waals surface area contributed by atoms with Crippen LogP contribution in [0.5, 0.6) is 0 Å². The Morgan fingerprint density at radius 2 is 1.94 bits per heavy atom. The second kappa shape index (κ2) is 4.76. The molecule has 0 unspecified atom stereocenters. The van der Waals surface area contributed by atoms with Crippen molar-refractivity contribution in [2.75, 3.05) is 6.26 Å². The van der Waals surface area contributed by atoms with Gasteiger partial charge in [-0.1, -0.05) is 0 Å². The first-order valence-corrected chi connectivity index (χ1v) is 8.19. The minimum atomic E-state index is 0.597. The molecule has 1 heterocycles. The van der Waals surface area contributed by atoms with E-state index in [4.69, 9.17) is 12.2 Å². The molecule has 1 N–H and O–H groups in total. The van der Waals surface area contributed by atoms with Crippen molar-refractivity contribution in [3.8, 4) is 0 Å². The topological polar surface area (TPSA) is 33.6 Å². The lowest BCUT2D eigenvalue weighted by Gasteiger charge is -2.28. The first kappa shape index (κ1) is 11.8. The minimum Gasteiger partial charge on any atom is -0.301 e. The second-order valence-electron chi connectivity index (χ2n) is 5.20. The van der Waals surface area contributed by atoms with E-state index in [1.807, 2.05) is 11.8 Å². The largest absolute Gasteiger partial charge is 0.301 e. The molecule has 0 atom stereocenters. The third-order valence-electron chi connectivity index (χ3n) is 4.02. The summed E-state index contributed by atoms with van der Waals surface area (Å²) in [6.07, 6.45) is 9.98. The lowest BCUT2D eigenvalue weighted by Crippen LogP contribution is -2.21. The van der Waals surface area contributed by atoms with E-state index < -0.39 is 0 Å². The monoisotopic (exact) mass is 269 g/mol. The van der Waals surface area contributed by atoms with E-state index in [1.54, 1.807) is 0 Å². The second-order valence-corrected chi connectivity index (χ2v) is 6.72. The number of hydrogen-bond acceptors (Lipinski definition) is 3. The van der Waals surface area contributed by atoms with Gasteiger partial charge in [-0.3, -0.25) is 5.10 Å². The number of hydrogen-bond donors (Lipinski definition) is 1. The highest BCUT2D eigenvalue weighted by atomic mass is 32.2. The SMILES string of the molecule is CSC1CCC(n2c(C3CC3)n[nH]c2=S)CC1. The molecule has 0 spiro atoms. The molecule has 2 aliphatic carbocycles. The van der Waals surface area contributed by atoms with Crippen molar-refractivity contribution in [2.24, 2.45) is 0 Å². The Balaban J connectivity index is 1.80. The molecule has 5 heteroatoms. The molecule has 3 rings (SSSR count). The molecule has 2 fully saturated rings. The Kier molecular flexibility index (Phi) is 3.30. The van der Waals surface area contributed by atoms with Crippen molar-refractivity contribution in [2.45, 2.75) is 55.7 Å². The van der Waals surface area contributed by atoms with Crippen LogP contribution < -0.4 is 0 Å². The van der Waals surface area contributed by atoms with Crippen molar-refractivity contribution < 1.29 is 0 Å². The predicted octanol–water partition coefficient (Wildman–Crippen LogP) is 3.66. The van der Waals surface area contributed by atoms with Crippen molar-refractivity contribution in [3.63, 3.8) is 0 Å². The molecule has 0 radical (unpaired) electrons. The van der Waals surface area contributed by atoms with Gasteiger partial charge in [0.25, 0.3) is 0 Å². The number of nitrogens with zero attached hydrogens (tertiary/aromatic N) is 2. The third kappa shape index (κ3) is 2.32. The third-order valence-corrected chi connectivity index (χ3v) is 5.44. The first-order chi connectivity index (χ1) is 8.29. The number of aromatic amines is 1. The van der Waals surface area contributed by atoms with E-state index in [-0.39, 0.29) is 0 Å². The van der Waals surface area contributed by atoms with Gasteiger partial charge in [-0.2, -0.15) is 16.9 Å². The lowest BCUT2D eigenvalue weighted by molar-refractivity contribution is 0.349. The maximum Gasteiger partial charge on any atom is 0.195 e. The van der Waals surface area contributed by atoms with Crippen molar-refractivity contribution in [1.82, 2.24) is 14.8 Å². The molecular weight excluding hydrogens is 250 g/mol. The highest BCUT2D eigenvalue weighted by Crippen LogP contribution is 2.42. The van der Waals surface area contributed by atoms with Gasteiger partial charge in [0.2, 0.25) is 0 Å². The van der Waals surface area contributed by atoms with E-state index in [0.29, 0.717) is 12.0 Å². The molecule has 0 aliphatic heterocycles. The summed E-state index contributed by atoms with van der Waals surface area (Å²) in [5, 5.41) is 8.28. The van der Waals surface area contributed by atoms with Crippen LogP contribution in [0.25, 0.3) is 0 Å². The first-order valence-electron chi connectivity index (χ1n) is 6.49. The number of aromatic nitrogens is 3. The van der Waals surface area contributed by atoms with E-state index in [2.05, 4.69) is 21.0 Å². The van der Waals surface area contributed by atoms with Gasteiger partial charge in [0.15, 0.2) is 4.77 Å². The zero-order chi connectivity index (χ0) is 11.8. The van der Waals surface area contributed by atoms with E-state index in [9.17, 15) is 0 Å². The summed E-state index contributed by atoms with van der Waals surface area (Å²) in [5.41, 5.74) is 0. The van der Waals surface area contributed by atoms with Gasteiger partial charge in [-0.25, -0.2) is 0 Å². The fourth-order valence-corrected chi connectivity index (χ4v) is 3.87. The number of thioether (sulfide) groups is 1. The van der Waals surface area contributed by atoms with Crippen LogP contribution in [0, 0.1) is 4.77 Å². The van der Waals surface area contributed by atoms with Crippen LogP contribution in [0.3, 0.4) is 0 Å². The Hall–Kier alpha value is -0.290. The Labute approximate surface area is 111 Å². The van der Waals surface area contributed by atoms with Gasteiger partial charge >= 0.3 is 0 Å². The minimum absolute atomic E-state index is 0.597. The summed E-state index contributed by atoms with van der Waals surface area (Å²) in [6, 6.07) is 0.597. The zero-order valence-corrected chi connectivity index (χ0v) is 11.8. The van der Waals surface area contributed by atoms with E-state index >= 15 is 0 Å². The Morgan fingerprint density at radius 3 is 2.53 bits per heavy atom. The van der Waals surface area contributed by atoms with Crippen LogP contribution in [0.15, 0.2) is 0 Å². The summed E-state index contributed by atoms with van der Waals surface area (Å²) >= 11 is 7.41. The smallest absolute Gasteiger partial charge is 0.195 e. The fraction of sp³-hybridized carbons (Fsp3) is 0.833. The number of rotatable bonds is 3. The van der Waals surface area contributed by atoms with Gasteiger partial charge in [0.05, 0.1) is 0 Å². The van der Waals surface area contributed by atoms with E-state index in [0.717, 1.165) is 10.0 Å². The summed E-state index contributed by atoms with van der Waals surface area (Å²) in [6.45, 7) is 0. The van der Waals surface area contributed by atoms with Crippen LogP contribution in [0.1, 0.15) is 56.3 Å². The molecule has 0 amide bonds. The molecule has 94 valence electrons.